The normalized spacial score (nSPS) is 16.9. The molecule has 0 radical (unpaired) electrons. The molecule has 1 N–H and O–H groups in total. The minimum Gasteiger partial charge on any atom is -0.464 e. The van der Waals surface area contributed by atoms with Gasteiger partial charge in [-0.3, -0.25) is 0 Å². The van der Waals surface area contributed by atoms with E-state index < -0.39 is 0 Å². The number of fused-ring (bicyclic) bond motifs is 1. The first-order valence-electron chi connectivity index (χ1n) is 5.91. The van der Waals surface area contributed by atoms with Crippen LogP contribution in [0.3, 0.4) is 0 Å². The number of benzene rings is 1. The molecule has 1 aromatic carbocycles. The summed E-state index contributed by atoms with van der Waals surface area (Å²) in [6, 6.07) is 4.89. The first-order valence-corrected chi connectivity index (χ1v) is 5.91. The molecule has 1 aromatic heterocycles. The van der Waals surface area contributed by atoms with Gasteiger partial charge in [0.05, 0.1) is 6.26 Å². The van der Waals surface area contributed by atoms with Crippen molar-refractivity contribution in [3.63, 3.8) is 0 Å². The van der Waals surface area contributed by atoms with Gasteiger partial charge < -0.3 is 9.73 Å². The van der Waals surface area contributed by atoms with Crippen LogP contribution in [0, 0.1) is 5.82 Å². The Bertz CT molecular complexity index is 571. The molecule has 0 unspecified atom stereocenters. The van der Waals surface area contributed by atoms with Crippen molar-refractivity contribution in [1.29, 1.82) is 0 Å². The van der Waals surface area contributed by atoms with Crippen molar-refractivity contribution in [2.45, 2.75) is 12.8 Å². The Kier molecular flexibility index (Phi) is 2.69. The third-order valence-corrected chi connectivity index (χ3v) is 3.15. The first kappa shape index (κ1) is 10.5. The van der Waals surface area contributed by atoms with E-state index in [9.17, 15) is 4.39 Å². The van der Waals surface area contributed by atoms with Crippen LogP contribution in [0.25, 0.3) is 16.5 Å². The van der Waals surface area contributed by atoms with Gasteiger partial charge in [-0.1, -0.05) is 6.08 Å². The van der Waals surface area contributed by atoms with Crippen LogP contribution in [-0.2, 0) is 0 Å². The number of nitrogens with one attached hydrogen (secondary N) is 1. The topological polar surface area (TPSA) is 25.2 Å². The Hall–Kier alpha value is -1.61. The van der Waals surface area contributed by atoms with Crippen molar-refractivity contribution < 1.29 is 8.81 Å². The third-order valence-electron chi connectivity index (χ3n) is 3.15. The van der Waals surface area contributed by atoms with Gasteiger partial charge in [-0.2, -0.15) is 0 Å². The van der Waals surface area contributed by atoms with E-state index in [1.54, 1.807) is 18.4 Å². The van der Waals surface area contributed by atoms with Crippen molar-refractivity contribution >= 4 is 16.5 Å². The second-order valence-electron chi connectivity index (χ2n) is 4.33. The molecule has 0 aliphatic carbocycles. The largest absolute Gasteiger partial charge is 0.464 e. The number of hydrogen-bond donors (Lipinski definition) is 1. The molecule has 2 nitrogen and oxygen atoms in total. The summed E-state index contributed by atoms with van der Waals surface area (Å²) in [6.45, 7) is 1.85. The van der Waals surface area contributed by atoms with Crippen LogP contribution in [0.2, 0.25) is 0 Å². The fourth-order valence-corrected chi connectivity index (χ4v) is 2.33. The Balaban J connectivity index is 2.14. The summed E-state index contributed by atoms with van der Waals surface area (Å²) in [4.78, 5) is 0. The molecule has 0 fully saturated rings. The quantitative estimate of drug-likeness (QED) is 0.814. The van der Waals surface area contributed by atoms with Crippen LogP contribution in [0.4, 0.5) is 4.39 Å². The van der Waals surface area contributed by atoms with Crippen molar-refractivity contribution in [2.75, 3.05) is 13.1 Å². The highest BCUT2D eigenvalue weighted by atomic mass is 19.1. The van der Waals surface area contributed by atoms with Crippen LogP contribution in [0.1, 0.15) is 18.4 Å². The highest BCUT2D eigenvalue weighted by molar-refractivity contribution is 5.90. The summed E-state index contributed by atoms with van der Waals surface area (Å²) in [5, 5.41) is 4.13. The van der Waals surface area contributed by atoms with Gasteiger partial charge in [0.25, 0.3) is 0 Å². The van der Waals surface area contributed by atoms with Crippen LogP contribution < -0.4 is 5.32 Å². The minimum atomic E-state index is -0.202. The van der Waals surface area contributed by atoms with Gasteiger partial charge in [-0.15, -0.1) is 0 Å². The molecular formula is C14H14FNO. The van der Waals surface area contributed by atoms with E-state index in [0.717, 1.165) is 42.5 Å². The molecule has 0 saturated carbocycles. The Labute approximate surface area is 99.1 Å². The molecule has 2 heterocycles. The predicted molar refractivity (Wildman–Crippen MR) is 66.3 cm³/mol. The smallest absolute Gasteiger partial charge is 0.141 e. The lowest BCUT2D eigenvalue weighted by Gasteiger charge is -2.06. The standard InChI is InChI=1S/C14H14FNO/c15-12-8-11-4-7-17-14(11)13(9-12)10-2-1-5-16-6-3-10/h3-4,7-9,16H,1-2,5-6H2. The third kappa shape index (κ3) is 1.98. The van der Waals surface area contributed by atoms with Crippen LogP contribution >= 0.6 is 0 Å². The van der Waals surface area contributed by atoms with E-state index in [0.29, 0.717) is 0 Å². The number of furan rings is 1. The van der Waals surface area contributed by atoms with Crippen LogP contribution in [-0.4, -0.2) is 13.1 Å². The first-order chi connectivity index (χ1) is 8.34. The molecule has 1 aliphatic rings. The molecule has 0 spiro atoms. The highest BCUT2D eigenvalue weighted by Gasteiger charge is 2.12. The maximum absolute atomic E-state index is 13.5. The number of allylic oxidation sites excluding steroid dienone is 1. The fourth-order valence-electron chi connectivity index (χ4n) is 2.33. The summed E-state index contributed by atoms with van der Waals surface area (Å²) in [6.07, 6.45) is 5.78. The van der Waals surface area contributed by atoms with E-state index in [-0.39, 0.29) is 5.82 Å². The summed E-state index contributed by atoms with van der Waals surface area (Å²) >= 11 is 0. The fraction of sp³-hybridized carbons (Fsp3) is 0.286. The summed E-state index contributed by atoms with van der Waals surface area (Å²) in [5.74, 6) is -0.202. The minimum absolute atomic E-state index is 0.202. The van der Waals surface area contributed by atoms with Gasteiger partial charge in [-0.25, -0.2) is 4.39 Å². The Morgan fingerprint density at radius 1 is 1.29 bits per heavy atom. The van der Waals surface area contributed by atoms with E-state index in [2.05, 4.69) is 11.4 Å². The molecule has 2 aromatic rings. The summed E-state index contributed by atoms with van der Waals surface area (Å²) in [5.41, 5.74) is 2.86. The van der Waals surface area contributed by atoms with Crippen LogP contribution in [0.15, 0.2) is 35.0 Å². The average Bonchev–Trinajstić information content (AvgIpc) is 2.62. The number of hydrogen-bond acceptors (Lipinski definition) is 2. The molecule has 1 aliphatic heterocycles. The molecular weight excluding hydrogens is 217 g/mol. The van der Waals surface area contributed by atoms with Crippen LogP contribution in [0.5, 0.6) is 0 Å². The second kappa shape index (κ2) is 4.34. The predicted octanol–water partition coefficient (Wildman–Crippen LogP) is 3.34. The zero-order chi connectivity index (χ0) is 11.7. The molecule has 3 rings (SSSR count). The number of halogens is 1. The maximum atomic E-state index is 13.5. The average molecular weight is 231 g/mol. The Morgan fingerprint density at radius 3 is 3.18 bits per heavy atom. The second-order valence-corrected chi connectivity index (χ2v) is 4.33. The van der Waals surface area contributed by atoms with E-state index in [1.807, 2.05) is 0 Å². The van der Waals surface area contributed by atoms with Crippen molar-refractivity contribution in [1.82, 2.24) is 5.32 Å². The summed E-state index contributed by atoms with van der Waals surface area (Å²) < 4.78 is 19.0. The molecule has 3 heteroatoms. The highest BCUT2D eigenvalue weighted by Crippen LogP contribution is 2.30. The van der Waals surface area contributed by atoms with Gasteiger partial charge in [0.15, 0.2) is 0 Å². The molecule has 17 heavy (non-hydrogen) atoms. The summed E-state index contributed by atoms with van der Waals surface area (Å²) in [7, 11) is 0. The van der Waals surface area contributed by atoms with Gasteiger partial charge in [0, 0.05) is 17.5 Å². The van der Waals surface area contributed by atoms with Gasteiger partial charge in [0.2, 0.25) is 0 Å². The lowest BCUT2D eigenvalue weighted by molar-refractivity contribution is 0.607. The maximum Gasteiger partial charge on any atom is 0.141 e. The molecule has 0 saturated heterocycles. The lowest BCUT2D eigenvalue weighted by Crippen LogP contribution is -2.12. The van der Waals surface area contributed by atoms with Crippen molar-refractivity contribution in [3.05, 3.63) is 41.9 Å². The SMILES string of the molecule is Fc1cc(C2=CCNCCC2)c2occc2c1. The number of rotatable bonds is 1. The van der Waals surface area contributed by atoms with Crippen molar-refractivity contribution in [3.8, 4) is 0 Å². The van der Waals surface area contributed by atoms with Gasteiger partial charge in [-0.05, 0) is 43.2 Å². The van der Waals surface area contributed by atoms with E-state index in [1.165, 1.54) is 11.6 Å². The van der Waals surface area contributed by atoms with Crippen molar-refractivity contribution in [2.24, 2.45) is 0 Å². The van der Waals surface area contributed by atoms with E-state index in [4.69, 9.17) is 4.42 Å². The zero-order valence-electron chi connectivity index (χ0n) is 9.50. The molecule has 0 atom stereocenters. The zero-order valence-corrected chi connectivity index (χ0v) is 9.50. The molecule has 88 valence electrons. The molecule has 0 amide bonds. The Morgan fingerprint density at radius 2 is 2.24 bits per heavy atom. The lowest BCUT2D eigenvalue weighted by atomic mass is 9.99. The monoisotopic (exact) mass is 231 g/mol. The molecule has 0 bridgehead atoms. The van der Waals surface area contributed by atoms with E-state index >= 15 is 0 Å². The van der Waals surface area contributed by atoms with Gasteiger partial charge in [0.1, 0.15) is 11.4 Å². The van der Waals surface area contributed by atoms with Gasteiger partial charge >= 0.3 is 0 Å².